The summed E-state index contributed by atoms with van der Waals surface area (Å²) in [6, 6.07) is 20.8. The van der Waals surface area contributed by atoms with Crippen LogP contribution in [-0.4, -0.2) is 45.3 Å². The Kier molecular flexibility index (Phi) is 6.25. The SMILES string of the molecule is Nc1cccc(-c2ccc(Cl)c(C(=O)Nc3cc(C(=O)NC4=NCC=N4)nn3-c3ccccc3)c2)n1. The highest BCUT2D eigenvalue weighted by Gasteiger charge is 2.20. The van der Waals surface area contributed by atoms with Gasteiger partial charge in [-0.15, -0.1) is 0 Å². The van der Waals surface area contributed by atoms with Crippen LogP contribution in [0.25, 0.3) is 16.9 Å². The lowest BCUT2D eigenvalue weighted by atomic mass is 10.1. The second-order valence-corrected chi connectivity index (χ2v) is 8.10. The molecule has 0 aliphatic carbocycles. The molecule has 36 heavy (non-hydrogen) atoms. The number of rotatable bonds is 5. The third kappa shape index (κ3) is 4.84. The summed E-state index contributed by atoms with van der Waals surface area (Å²) in [6.45, 7) is 0.403. The van der Waals surface area contributed by atoms with Crippen LogP contribution in [0.2, 0.25) is 5.02 Å². The van der Waals surface area contributed by atoms with Gasteiger partial charge in [0.25, 0.3) is 11.8 Å². The Hall–Kier alpha value is -4.83. The van der Waals surface area contributed by atoms with Crippen LogP contribution in [0.5, 0.6) is 0 Å². The summed E-state index contributed by atoms with van der Waals surface area (Å²) in [5, 5.41) is 10.1. The van der Waals surface area contributed by atoms with Crippen LogP contribution >= 0.6 is 11.6 Å². The zero-order valence-electron chi connectivity index (χ0n) is 18.7. The predicted molar refractivity (Wildman–Crippen MR) is 139 cm³/mol. The van der Waals surface area contributed by atoms with Gasteiger partial charge in [-0.05, 0) is 36.4 Å². The standard InChI is InChI=1S/C25H19ClN8O2/c26-18-10-9-15(19-7-4-8-21(27)30-19)13-17(18)23(35)31-22-14-20(24(36)32-25-28-11-12-29-25)33-34(22)16-5-2-1-3-6-16/h1-11,13-14H,12H2,(H2,27,30)(H,31,35)(H,29,32,36). The van der Waals surface area contributed by atoms with Gasteiger partial charge in [-0.1, -0.05) is 41.9 Å². The quantitative estimate of drug-likeness (QED) is 0.385. The minimum absolute atomic E-state index is 0.0720. The number of carbonyl (C=O) groups excluding carboxylic acids is 2. The lowest BCUT2D eigenvalue weighted by molar-refractivity contribution is 0.0970. The predicted octanol–water partition coefficient (Wildman–Crippen LogP) is 3.59. The van der Waals surface area contributed by atoms with Gasteiger partial charge < -0.3 is 11.1 Å². The maximum Gasteiger partial charge on any atom is 0.278 e. The van der Waals surface area contributed by atoms with Crippen molar-refractivity contribution in [3.05, 3.63) is 89.1 Å². The second kappa shape index (κ2) is 9.80. The highest BCUT2D eigenvalue weighted by molar-refractivity contribution is 6.34. The van der Waals surface area contributed by atoms with Crippen molar-refractivity contribution >= 4 is 47.2 Å². The van der Waals surface area contributed by atoms with Gasteiger partial charge in [-0.25, -0.2) is 19.7 Å². The van der Waals surface area contributed by atoms with Gasteiger partial charge in [-0.3, -0.25) is 14.9 Å². The summed E-state index contributed by atoms with van der Waals surface area (Å²) in [6.07, 6.45) is 1.58. The highest BCUT2D eigenvalue weighted by atomic mass is 35.5. The number of pyridine rings is 1. The number of aromatic nitrogens is 3. The van der Waals surface area contributed by atoms with E-state index < -0.39 is 11.8 Å². The summed E-state index contributed by atoms with van der Waals surface area (Å²) in [5.41, 5.74) is 8.02. The number of hydrogen-bond donors (Lipinski definition) is 3. The van der Waals surface area contributed by atoms with Crippen LogP contribution in [0.4, 0.5) is 11.6 Å². The van der Waals surface area contributed by atoms with E-state index in [1.54, 1.807) is 54.7 Å². The number of aliphatic imine (C=N–C) groups is 2. The monoisotopic (exact) mass is 498 g/mol. The van der Waals surface area contributed by atoms with Crippen molar-refractivity contribution in [2.45, 2.75) is 0 Å². The van der Waals surface area contributed by atoms with Crippen molar-refractivity contribution in [1.29, 1.82) is 0 Å². The van der Waals surface area contributed by atoms with Crippen molar-refractivity contribution in [3.63, 3.8) is 0 Å². The fourth-order valence-electron chi connectivity index (χ4n) is 3.53. The first-order valence-electron chi connectivity index (χ1n) is 10.9. The molecule has 3 heterocycles. The van der Waals surface area contributed by atoms with E-state index in [0.717, 1.165) is 0 Å². The molecule has 0 saturated carbocycles. The van der Waals surface area contributed by atoms with Crippen molar-refractivity contribution in [3.8, 4) is 16.9 Å². The number of nitrogens with one attached hydrogen (secondary N) is 2. The van der Waals surface area contributed by atoms with Crippen molar-refractivity contribution in [2.75, 3.05) is 17.6 Å². The van der Waals surface area contributed by atoms with E-state index in [9.17, 15) is 9.59 Å². The first-order valence-corrected chi connectivity index (χ1v) is 11.2. The van der Waals surface area contributed by atoms with Crippen LogP contribution in [0.1, 0.15) is 20.8 Å². The molecule has 4 aromatic rings. The van der Waals surface area contributed by atoms with E-state index in [4.69, 9.17) is 17.3 Å². The molecule has 0 spiro atoms. The van der Waals surface area contributed by atoms with E-state index in [-0.39, 0.29) is 28.1 Å². The zero-order chi connectivity index (χ0) is 25.1. The maximum atomic E-state index is 13.3. The van der Waals surface area contributed by atoms with Gasteiger partial charge in [0.05, 0.1) is 28.5 Å². The van der Waals surface area contributed by atoms with E-state index in [2.05, 4.69) is 30.7 Å². The van der Waals surface area contributed by atoms with Crippen molar-refractivity contribution in [2.24, 2.45) is 9.98 Å². The molecule has 178 valence electrons. The Morgan fingerprint density at radius 3 is 2.53 bits per heavy atom. The lowest BCUT2D eigenvalue weighted by Gasteiger charge is -2.11. The molecule has 1 aliphatic heterocycles. The fraction of sp³-hybridized carbons (Fsp3) is 0.0400. The van der Waals surface area contributed by atoms with Gasteiger partial charge in [0.1, 0.15) is 11.6 Å². The molecule has 0 fully saturated rings. The average molecular weight is 499 g/mol. The Morgan fingerprint density at radius 2 is 1.78 bits per heavy atom. The number of anilines is 2. The van der Waals surface area contributed by atoms with E-state index >= 15 is 0 Å². The van der Waals surface area contributed by atoms with Crippen molar-refractivity contribution < 1.29 is 9.59 Å². The Balaban J connectivity index is 1.47. The Morgan fingerprint density at radius 1 is 0.944 bits per heavy atom. The Labute approximate surface area is 210 Å². The number of amides is 2. The molecule has 10 nitrogen and oxygen atoms in total. The molecule has 0 atom stereocenters. The molecule has 0 saturated heterocycles. The number of para-hydroxylation sites is 1. The Bertz CT molecular complexity index is 1530. The summed E-state index contributed by atoms with van der Waals surface area (Å²) in [4.78, 5) is 38.4. The summed E-state index contributed by atoms with van der Waals surface area (Å²) >= 11 is 6.36. The minimum Gasteiger partial charge on any atom is -0.384 e. The summed E-state index contributed by atoms with van der Waals surface area (Å²) < 4.78 is 1.46. The minimum atomic E-state index is -0.509. The molecule has 4 N–H and O–H groups in total. The molecule has 5 rings (SSSR count). The number of nitrogens with zero attached hydrogens (tertiary/aromatic N) is 5. The number of carbonyl (C=O) groups is 2. The topological polar surface area (TPSA) is 140 Å². The van der Waals surface area contributed by atoms with E-state index in [0.29, 0.717) is 29.3 Å². The second-order valence-electron chi connectivity index (χ2n) is 7.69. The highest BCUT2D eigenvalue weighted by Crippen LogP contribution is 2.26. The number of nitrogens with two attached hydrogens (primary N) is 1. The molecule has 1 aliphatic rings. The first-order chi connectivity index (χ1) is 17.5. The number of guanidine groups is 1. The average Bonchev–Trinajstić information content (AvgIpc) is 3.55. The van der Waals surface area contributed by atoms with Gasteiger partial charge in [0, 0.05) is 17.8 Å². The molecule has 11 heteroatoms. The van der Waals surface area contributed by atoms with Crippen LogP contribution in [0.15, 0.2) is 82.8 Å². The lowest BCUT2D eigenvalue weighted by Crippen LogP contribution is -2.28. The normalized spacial score (nSPS) is 12.3. The van der Waals surface area contributed by atoms with Crippen LogP contribution in [0, 0.1) is 0 Å². The van der Waals surface area contributed by atoms with Crippen LogP contribution < -0.4 is 16.4 Å². The largest absolute Gasteiger partial charge is 0.384 e. The van der Waals surface area contributed by atoms with Gasteiger partial charge in [-0.2, -0.15) is 5.10 Å². The summed E-state index contributed by atoms with van der Waals surface area (Å²) in [7, 11) is 0. The third-order valence-electron chi connectivity index (χ3n) is 5.22. The smallest absolute Gasteiger partial charge is 0.278 e. The zero-order valence-corrected chi connectivity index (χ0v) is 19.5. The number of halogens is 1. The summed E-state index contributed by atoms with van der Waals surface area (Å²) in [5.74, 6) is -0.152. The number of nitrogen functional groups attached to an aromatic ring is 1. The first kappa shape index (κ1) is 22.9. The molecule has 2 aromatic carbocycles. The van der Waals surface area contributed by atoms with Gasteiger partial charge >= 0.3 is 0 Å². The molecule has 0 bridgehead atoms. The molecule has 2 aromatic heterocycles. The van der Waals surface area contributed by atoms with Gasteiger partial charge in [0.2, 0.25) is 5.96 Å². The van der Waals surface area contributed by atoms with Crippen LogP contribution in [0.3, 0.4) is 0 Å². The molecule has 0 radical (unpaired) electrons. The third-order valence-corrected chi connectivity index (χ3v) is 5.55. The molecule has 0 unspecified atom stereocenters. The van der Waals surface area contributed by atoms with E-state index in [1.165, 1.54) is 10.7 Å². The number of hydrogen-bond acceptors (Lipinski definition) is 7. The van der Waals surface area contributed by atoms with Crippen LogP contribution in [-0.2, 0) is 0 Å². The number of benzene rings is 2. The van der Waals surface area contributed by atoms with Gasteiger partial charge in [0.15, 0.2) is 5.69 Å². The molecular formula is C25H19ClN8O2. The maximum absolute atomic E-state index is 13.3. The van der Waals surface area contributed by atoms with E-state index in [1.807, 2.05) is 18.2 Å². The molecular weight excluding hydrogens is 480 g/mol. The fourth-order valence-corrected chi connectivity index (χ4v) is 3.74. The molecule has 2 amide bonds. The van der Waals surface area contributed by atoms with Crippen molar-refractivity contribution in [1.82, 2.24) is 20.1 Å².